The molecule has 0 fully saturated rings. The van der Waals surface area contributed by atoms with Crippen molar-refractivity contribution in [3.8, 4) is 47.0 Å². The Labute approximate surface area is 364 Å². The van der Waals surface area contributed by atoms with Crippen LogP contribution in [0.5, 0.6) is 47.0 Å². The monoisotopic (exact) mass is 873 g/mol. The van der Waals surface area contributed by atoms with Gasteiger partial charge in [-0.15, -0.1) is 20.4 Å². The summed E-state index contributed by atoms with van der Waals surface area (Å²) in [6.45, 7) is 36.4. The first-order chi connectivity index (χ1) is 28.9. The first kappa shape index (κ1) is 49.1. The number of ether oxygens (including phenoxy) is 8. The lowest BCUT2D eigenvalue weighted by atomic mass is 10.2. The van der Waals surface area contributed by atoms with Crippen LogP contribution in [0.2, 0.25) is 0 Å². The number of hydrogen-bond donors (Lipinski definition) is 4. The van der Waals surface area contributed by atoms with Crippen LogP contribution in [-0.4, -0.2) is 102 Å². The third kappa shape index (κ3) is 12.8. The van der Waals surface area contributed by atoms with Gasteiger partial charge in [0.05, 0.1) is 73.6 Å². The minimum absolute atomic E-state index is 0.150. The molecule has 16 nitrogen and oxygen atoms in total. The summed E-state index contributed by atoms with van der Waals surface area (Å²) < 4.78 is 54.4. The first-order valence-electron chi connectivity index (χ1n) is 22.2. The summed E-state index contributed by atoms with van der Waals surface area (Å²) in [6, 6.07) is 0. The molecule has 4 aromatic heterocycles. The van der Waals surface area contributed by atoms with Gasteiger partial charge in [0.1, 0.15) is 0 Å². The largest absolute Gasteiger partial charge is 0.478 e. The fourth-order valence-corrected chi connectivity index (χ4v) is 11.3. The van der Waals surface area contributed by atoms with E-state index in [4.69, 9.17) is 58.3 Å². The van der Waals surface area contributed by atoms with Crippen LogP contribution in [0.4, 0.5) is 0 Å². The van der Waals surface area contributed by atoms with E-state index in [9.17, 15) is 0 Å². The number of rotatable bonds is 28. The summed E-state index contributed by atoms with van der Waals surface area (Å²) in [5, 5.41) is 35.0. The molecule has 0 bridgehead atoms. The molecular formula is C44H76N8O8Si. The minimum Gasteiger partial charge on any atom is -0.478 e. The molecule has 0 radical (unpaired) electrons. The van der Waals surface area contributed by atoms with Crippen LogP contribution in [0.1, 0.15) is 111 Å². The zero-order chi connectivity index (χ0) is 45.0. The van der Waals surface area contributed by atoms with Crippen molar-refractivity contribution >= 4 is 28.8 Å². The molecule has 0 aliphatic heterocycles. The van der Waals surface area contributed by atoms with Gasteiger partial charge in [0.2, 0.25) is 55.1 Å². The molecular weight excluding hydrogens is 797 g/mol. The maximum absolute atomic E-state index is 6.81. The van der Waals surface area contributed by atoms with E-state index in [1.54, 1.807) is 0 Å². The van der Waals surface area contributed by atoms with Gasteiger partial charge >= 0.3 is 0 Å². The van der Waals surface area contributed by atoms with E-state index < -0.39 is 8.07 Å². The van der Waals surface area contributed by atoms with Gasteiger partial charge in [-0.25, -0.2) is 20.4 Å². The molecule has 0 aliphatic rings. The standard InChI is InChI=1S/C44H76N8O8Si/c1-25(2)17-53-37-33(38(46-45-37)54-18-26(3)4)61(34-39(55-19-27(5)6)47-48-40(34)56-20-28(7)8,35-41(57-21-29(9)10)49-50-42(35)58-22-30(11)12)36-43(59-23-31(13)14)51-52-44(36)60-24-32(15)16/h25-32H,17-24H2,1-16H3,(H,45,46)(H,47,48)(H,49,50)(H,51,52). The van der Waals surface area contributed by atoms with Crippen molar-refractivity contribution in [3.63, 3.8) is 0 Å². The molecule has 61 heavy (non-hydrogen) atoms. The van der Waals surface area contributed by atoms with Crippen molar-refractivity contribution in [2.45, 2.75) is 111 Å². The molecule has 0 saturated heterocycles. The maximum Gasteiger partial charge on any atom is 0.236 e. The van der Waals surface area contributed by atoms with Gasteiger partial charge in [-0.1, -0.05) is 111 Å². The lowest BCUT2D eigenvalue weighted by molar-refractivity contribution is 0.258. The number of aromatic nitrogens is 8. The van der Waals surface area contributed by atoms with E-state index in [-0.39, 0.29) is 47.3 Å². The molecule has 0 amide bonds. The number of aromatic amines is 4. The summed E-state index contributed by atoms with van der Waals surface area (Å²) in [4.78, 5) is 0. The second-order valence-corrected chi connectivity index (χ2v) is 22.8. The highest BCUT2D eigenvalue weighted by molar-refractivity contribution is 7.22. The summed E-state index contributed by atoms with van der Waals surface area (Å²) in [6.07, 6.45) is 0. The lowest BCUT2D eigenvalue weighted by Crippen LogP contribution is -2.75. The summed E-state index contributed by atoms with van der Waals surface area (Å²) in [5.41, 5.74) is 0. The second-order valence-electron chi connectivity index (χ2n) is 19.3. The number of nitrogens with one attached hydrogen (secondary N) is 4. The number of hydrogen-bond acceptors (Lipinski definition) is 12. The average molecular weight is 873 g/mol. The molecule has 4 N–H and O–H groups in total. The lowest BCUT2D eigenvalue weighted by Gasteiger charge is -2.33. The molecule has 0 atom stereocenters. The minimum atomic E-state index is -4.40. The Balaban J connectivity index is 2.45. The SMILES string of the molecule is CC(C)COc1n[nH]c(OCC(C)C)c1[Si](c1c(OCC(C)C)n[nH]c1OCC(C)C)(c1c(OCC(C)C)n[nH]c1OCC(C)C)c1c(OCC(C)C)n[nH]c1OCC(C)C. The normalized spacial score (nSPS) is 12.3. The van der Waals surface area contributed by atoms with Crippen molar-refractivity contribution in [3.05, 3.63) is 0 Å². The highest BCUT2D eigenvalue weighted by Crippen LogP contribution is 2.36. The second kappa shape index (κ2) is 22.5. The summed E-state index contributed by atoms with van der Waals surface area (Å²) >= 11 is 0. The van der Waals surface area contributed by atoms with E-state index >= 15 is 0 Å². The molecule has 344 valence electrons. The summed E-state index contributed by atoms with van der Waals surface area (Å²) in [5.74, 6) is 3.96. The predicted molar refractivity (Wildman–Crippen MR) is 241 cm³/mol. The van der Waals surface area contributed by atoms with Crippen molar-refractivity contribution < 1.29 is 37.9 Å². The van der Waals surface area contributed by atoms with E-state index in [1.807, 2.05) is 0 Å². The van der Waals surface area contributed by atoms with Gasteiger partial charge in [-0.3, -0.25) is 0 Å². The molecule has 0 saturated carbocycles. The zero-order valence-corrected chi connectivity index (χ0v) is 40.8. The molecule has 0 aliphatic carbocycles. The van der Waals surface area contributed by atoms with Crippen LogP contribution in [0.25, 0.3) is 0 Å². The van der Waals surface area contributed by atoms with Crippen LogP contribution in [0, 0.1) is 47.3 Å². The quantitative estimate of drug-likeness (QED) is 0.0472. The third-order valence-corrected chi connectivity index (χ3v) is 13.5. The van der Waals surface area contributed by atoms with Crippen LogP contribution in [0.3, 0.4) is 0 Å². The van der Waals surface area contributed by atoms with Crippen molar-refractivity contribution in [2.24, 2.45) is 47.3 Å². The summed E-state index contributed by atoms with van der Waals surface area (Å²) in [7, 11) is -4.40. The molecule has 4 heterocycles. The molecule has 4 aromatic rings. The van der Waals surface area contributed by atoms with Crippen LogP contribution in [-0.2, 0) is 0 Å². The fourth-order valence-electron chi connectivity index (χ4n) is 6.13. The van der Waals surface area contributed by atoms with E-state index in [0.717, 1.165) is 0 Å². The number of H-pyrrole nitrogens is 4. The Morgan fingerprint density at radius 2 is 0.459 bits per heavy atom. The van der Waals surface area contributed by atoms with Crippen LogP contribution >= 0.6 is 0 Å². The average Bonchev–Trinajstić information content (AvgIpc) is 3.98. The van der Waals surface area contributed by atoms with Gasteiger partial charge in [0.15, 0.2) is 0 Å². The van der Waals surface area contributed by atoms with Crippen molar-refractivity contribution in [1.29, 1.82) is 0 Å². The van der Waals surface area contributed by atoms with Gasteiger partial charge in [-0.05, 0) is 47.3 Å². The van der Waals surface area contributed by atoms with Gasteiger partial charge in [0.25, 0.3) is 0 Å². The number of nitrogens with zero attached hydrogens (tertiary/aromatic N) is 4. The predicted octanol–water partition coefficient (Wildman–Crippen LogP) is 6.23. The Bertz CT molecular complexity index is 1510. The molecule has 17 heteroatoms. The van der Waals surface area contributed by atoms with Crippen LogP contribution in [0.15, 0.2) is 0 Å². The smallest absolute Gasteiger partial charge is 0.236 e. The van der Waals surface area contributed by atoms with E-state index in [2.05, 4.69) is 131 Å². The fraction of sp³-hybridized carbons (Fsp3) is 0.727. The third-order valence-electron chi connectivity index (χ3n) is 8.76. The Morgan fingerprint density at radius 1 is 0.295 bits per heavy atom. The molecule has 0 unspecified atom stereocenters. The Kier molecular flexibility index (Phi) is 18.1. The molecule has 0 spiro atoms. The Hall–Kier alpha value is -4.54. The Morgan fingerprint density at radius 3 is 0.623 bits per heavy atom. The van der Waals surface area contributed by atoms with E-state index in [1.165, 1.54) is 0 Å². The maximum atomic E-state index is 6.81. The van der Waals surface area contributed by atoms with Gasteiger partial charge in [-0.2, -0.15) is 0 Å². The van der Waals surface area contributed by atoms with Crippen molar-refractivity contribution in [2.75, 3.05) is 52.9 Å². The zero-order valence-electron chi connectivity index (χ0n) is 39.8. The topological polar surface area (TPSA) is 189 Å². The van der Waals surface area contributed by atoms with E-state index in [0.29, 0.717) is 121 Å². The highest BCUT2D eigenvalue weighted by atomic mass is 28.3. The first-order valence-corrected chi connectivity index (χ1v) is 24.2. The van der Waals surface area contributed by atoms with Gasteiger partial charge in [0, 0.05) is 0 Å². The van der Waals surface area contributed by atoms with Crippen LogP contribution < -0.4 is 58.6 Å². The molecule has 4 rings (SSSR count). The van der Waals surface area contributed by atoms with Crippen molar-refractivity contribution in [1.82, 2.24) is 40.8 Å². The highest BCUT2D eigenvalue weighted by Gasteiger charge is 2.61. The van der Waals surface area contributed by atoms with Gasteiger partial charge < -0.3 is 37.9 Å². The molecule has 0 aromatic carbocycles.